The lowest BCUT2D eigenvalue weighted by molar-refractivity contribution is -0.116. The third-order valence-corrected chi connectivity index (χ3v) is 5.45. The Balaban J connectivity index is 1.82. The lowest BCUT2D eigenvalue weighted by Crippen LogP contribution is -2.42. The van der Waals surface area contributed by atoms with Crippen molar-refractivity contribution < 1.29 is 18.7 Å². The van der Waals surface area contributed by atoms with Crippen LogP contribution in [0.1, 0.15) is 26.5 Å². The highest BCUT2D eigenvalue weighted by atomic mass is 35.5. The summed E-state index contributed by atoms with van der Waals surface area (Å²) in [5, 5.41) is 10.5. The number of nitrogens with zero attached hydrogens (tertiary/aromatic N) is 3. The van der Waals surface area contributed by atoms with E-state index in [1.54, 1.807) is 35.0 Å². The Bertz CT molecular complexity index is 1190. The average molecular weight is 502 g/mol. The van der Waals surface area contributed by atoms with Crippen molar-refractivity contribution in [1.29, 1.82) is 0 Å². The fourth-order valence-electron chi connectivity index (χ4n) is 3.21. The minimum absolute atomic E-state index is 0.0203. The van der Waals surface area contributed by atoms with Crippen LogP contribution >= 0.6 is 11.6 Å². The number of nitrogens with one attached hydrogen (secondary N) is 2. The molecule has 3 aromatic rings. The first-order chi connectivity index (χ1) is 16.6. The van der Waals surface area contributed by atoms with E-state index >= 15 is 0 Å². The Morgan fingerprint density at radius 3 is 2.46 bits per heavy atom. The summed E-state index contributed by atoms with van der Waals surface area (Å²) in [6.07, 6.45) is 0. The lowest BCUT2D eigenvalue weighted by atomic mass is 9.92. The second-order valence-corrected chi connectivity index (χ2v) is 9.31. The van der Waals surface area contributed by atoms with Crippen LogP contribution in [0.2, 0.25) is 5.02 Å². The van der Waals surface area contributed by atoms with Crippen molar-refractivity contribution in [2.24, 2.45) is 0 Å². The molecule has 0 bridgehead atoms. The number of halogens is 2. The van der Waals surface area contributed by atoms with Crippen LogP contribution < -0.4 is 10.6 Å². The summed E-state index contributed by atoms with van der Waals surface area (Å²) in [5.41, 5.74) is 1.09. The first kappa shape index (κ1) is 26.2. The van der Waals surface area contributed by atoms with Gasteiger partial charge in [0.1, 0.15) is 18.2 Å². The van der Waals surface area contributed by atoms with Crippen molar-refractivity contribution in [1.82, 2.24) is 14.7 Å². The molecule has 0 saturated heterocycles. The summed E-state index contributed by atoms with van der Waals surface area (Å²) in [7, 11) is 1.49. The largest absolute Gasteiger partial charge is 0.383 e. The van der Waals surface area contributed by atoms with Gasteiger partial charge in [-0.15, -0.1) is 0 Å². The van der Waals surface area contributed by atoms with Crippen molar-refractivity contribution in [2.45, 2.75) is 26.2 Å². The third-order valence-electron chi connectivity index (χ3n) is 5.13. The fourth-order valence-corrected chi connectivity index (χ4v) is 3.43. The number of anilines is 2. The van der Waals surface area contributed by atoms with Gasteiger partial charge in [-0.05, 0) is 24.3 Å². The lowest BCUT2D eigenvalue weighted by Gasteiger charge is -2.22. The molecule has 10 heteroatoms. The highest BCUT2D eigenvalue weighted by Gasteiger charge is 2.24. The molecule has 0 spiro atoms. The Labute approximate surface area is 209 Å². The monoisotopic (exact) mass is 501 g/mol. The molecular formula is C25H29ClFN5O3. The third kappa shape index (κ3) is 6.80. The number of methoxy groups -OCH3 is 1. The average Bonchev–Trinajstić information content (AvgIpc) is 3.22. The van der Waals surface area contributed by atoms with Crippen LogP contribution in [0.5, 0.6) is 0 Å². The van der Waals surface area contributed by atoms with Gasteiger partial charge in [-0.1, -0.05) is 56.6 Å². The van der Waals surface area contributed by atoms with E-state index in [-0.39, 0.29) is 30.8 Å². The maximum atomic E-state index is 14.0. The topological polar surface area (TPSA) is 88.5 Å². The van der Waals surface area contributed by atoms with Gasteiger partial charge in [0.05, 0.1) is 28.7 Å². The maximum Gasteiger partial charge on any atom is 0.322 e. The van der Waals surface area contributed by atoms with Crippen LogP contribution in [0.3, 0.4) is 0 Å². The quantitative estimate of drug-likeness (QED) is 0.450. The number of benzene rings is 2. The zero-order valence-corrected chi connectivity index (χ0v) is 20.9. The zero-order valence-electron chi connectivity index (χ0n) is 20.1. The summed E-state index contributed by atoms with van der Waals surface area (Å²) >= 11 is 6.38. The van der Waals surface area contributed by atoms with Gasteiger partial charge in [0.15, 0.2) is 0 Å². The number of urea groups is 1. The van der Waals surface area contributed by atoms with Gasteiger partial charge in [-0.2, -0.15) is 5.10 Å². The van der Waals surface area contributed by atoms with Gasteiger partial charge in [0, 0.05) is 25.1 Å². The Morgan fingerprint density at radius 1 is 1.11 bits per heavy atom. The molecule has 2 aromatic carbocycles. The van der Waals surface area contributed by atoms with E-state index in [4.69, 9.17) is 16.3 Å². The Morgan fingerprint density at radius 2 is 1.80 bits per heavy atom. The van der Waals surface area contributed by atoms with Crippen molar-refractivity contribution >= 4 is 35.0 Å². The summed E-state index contributed by atoms with van der Waals surface area (Å²) < 4.78 is 20.6. The standard InChI is InChI=1S/C25H29ClFN5O3/c1-25(2,3)21-15-22(32(30-21)20-12-8-5-9-17(20)26)29-23(33)16-31(13-14-35-4)24(34)28-19-11-7-6-10-18(19)27/h5-12,15H,13-14,16H2,1-4H3,(H,28,34)(H,29,33). The SMILES string of the molecule is COCCN(CC(=O)Nc1cc(C(C)(C)C)nn1-c1ccccc1Cl)C(=O)Nc1ccccc1F. The molecule has 0 fully saturated rings. The minimum atomic E-state index is -0.628. The van der Waals surface area contributed by atoms with Gasteiger partial charge >= 0.3 is 6.03 Å². The molecule has 2 N–H and O–H groups in total. The molecule has 0 radical (unpaired) electrons. The number of hydrogen-bond acceptors (Lipinski definition) is 4. The molecule has 8 nitrogen and oxygen atoms in total. The Kier molecular flexibility index (Phi) is 8.48. The van der Waals surface area contributed by atoms with Crippen LogP contribution in [0.15, 0.2) is 54.6 Å². The smallest absolute Gasteiger partial charge is 0.322 e. The number of carbonyl (C=O) groups is 2. The van der Waals surface area contributed by atoms with E-state index < -0.39 is 17.8 Å². The molecule has 1 heterocycles. The molecule has 0 aliphatic carbocycles. The molecule has 0 aliphatic heterocycles. The van der Waals surface area contributed by atoms with Gasteiger partial charge in [0.25, 0.3) is 0 Å². The molecule has 35 heavy (non-hydrogen) atoms. The van der Waals surface area contributed by atoms with E-state index in [2.05, 4.69) is 15.7 Å². The number of carbonyl (C=O) groups excluding carboxylic acids is 2. The van der Waals surface area contributed by atoms with E-state index in [0.717, 1.165) is 5.69 Å². The van der Waals surface area contributed by atoms with Gasteiger partial charge in [-0.25, -0.2) is 13.9 Å². The maximum absolute atomic E-state index is 14.0. The molecule has 3 rings (SSSR count). The van der Waals surface area contributed by atoms with Crippen LogP contribution in [0.4, 0.5) is 20.7 Å². The highest BCUT2D eigenvalue weighted by molar-refractivity contribution is 6.32. The zero-order chi connectivity index (χ0) is 25.6. The molecular weight excluding hydrogens is 473 g/mol. The highest BCUT2D eigenvalue weighted by Crippen LogP contribution is 2.29. The first-order valence-electron chi connectivity index (χ1n) is 11.0. The van der Waals surface area contributed by atoms with Gasteiger partial charge in [-0.3, -0.25) is 4.79 Å². The van der Waals surface area contributed by atoms with Crippen LogP contribution in [0.25, 0.3) is 5.69 Å². The minimum Gasteiger partial charge on any atom is -0.383 e. The van der Waals surface area contributed by atoms with E-state index in [0.29, 0.717) is 16.5 Å². The number of rotatable bonds is 8. The summed E-state index contributed by atoms with van der Waals surface area (Å²) in [5.74, 6) is -0.622. The van der Waals surface area contributed by atoms with Gasteiger partial charge in [0.2, 0.25) is 5.91 Å². The second-order valence-electron chi connectivity index (χ2n) is 8.90. The fraction of sp³-hybridized carbons (Fsp3) is 0.320. The van der Waals surface area contributed by atoms with Gasteiger partial charge < -0.3 is 20.3 Å². The molecule has 186 valence electrons. The molecule has 0 unspecified atom stereocenters. The molecule has 1 aromatic heterocycles. The number of aromatic nitrogens is 2. The second kappa shape index (κ2) is 11.3. The van der Waals surface area contributed by atoms with Crippen molar-refractivity contribution in [3.05, 3.63) is 71.1 Å². The first-order valence-corrected chi connectivity index (χ1v) is 11.4. The predicted octanol–water partition coefficient (Wildman–Crippen LogP) is 5.08. The van der Waals surface area contributed by atoms with Crippen molar-refractivity contribution in [3.63, 3.8) is 0 Å². The Hall–Kier alpha value is -3.43. The molecule has 0 atom stereocenters. The molecule has 0 aliphatic rings. The summed E-state index contributed by atoms with van der Waals surface area (Å²) in [6.45, 7) is 6.07. The van der Waals surface area contributed by atoms with E-state index in [1.165, 1.54) is 30.2 Å². The number of para-hydroxylation sites is 2. The normalized spacial score (nSPS) is 11.3. The van der Waals surface area contributed by atoms with E-state index in [1.807, 2.05) is 26.8 Å². The summed E-state index contributed by atoms with van der Waals surface area (Å²) in [4.78, 5) is 27.1. The van der Waals surface area contributed by atoms with Crippen LogP contribution in [-0.4, -0.2) is 53.4 Å². The van der Waals surface area contributed by atoms with Crippen LogP contribution in [-0.2, 0) is 14.9 Å². The van der Waals surface area contributed by atoms with Crippen molar-refractivity contribution in [3.8, 4) is 5.69 Å². The van der Waals surface area contributed by atoms with E-state index in [9.17, 15) is 14.0 Å². The van der Waals surface area contributed by atoms with Crippen LogP contribution in [0, 0.1) is 5.82 Å². The number of amides is 3. The summed E-state index contributed by atoms with van der Waals surface area (Å²) in [6, 6.07) is 14.1. The molecule has 0 saturated carbocycles. The molecule has 3 amide bonds. The predicted molar refractivity (Wildman–Crippen MR) is 135 cm³/mol. The number of hydrogen-bond donors (Lipinski definition) is 2. The van der Waals surface area contributed by atoms with Crippen molar-refractivity contribution in [2.75, 3.05) is 37.4 Å². The number of ether oxygens (including phenoxy) is 1.